The zero-order chi connectivity index (χ0) is 15.3. The third kappa shape index (κ3) is 4.17. The molecule has 6 nitrogen and oxygen atoms in total. The van der Waals surface area contributed by atoms with Gasteiger partial charge >= 0.3 is 5.97 Å². The highest BCUT2D eigenvalue weighted by Gasteiger charge is 2.41. The molecular formula is C15H26N2O4. The van der Waals surface area contributed by atoms with Gasteiger partial charge in [-0.05, 0) is 38.6 Å². The molecule has 1 amide bonds. The number of piperidine rings is 1. The van der Waals surface area contributed by atoms with Gasteiger partial charge in [0.15, 0.2) is 0 Å². The van der Waals surface area contributed by atoms with Crippen LogP contribution in [0.5, 0.6) is 0 Å². The molecule has 0 aromatic carbocycles. The summed E-state index contributed by atoms with van der Waals surface area (Å²) in [5.41, 5.74) is -0.687. The number of nitrogens with one attached hydrogen (secondary N) is 1. The smallest absolute Gasteiger partial charge is 0.310 e. The van der Waals surface area contributed by atoms with Crippen LogP contribution in [-0.2, 0) is 14.3 Å². The maximum absolute atomic E-state index is 12.0. The molecule has 0 aliphatic carbocycles. The molecule has 2 unspecified atom stereocenters. The summed E-state index contributed by atoms with van der Waals surface area (Å²) in [7, 11) is 0. The summed E-state index contributed by atoms with van der Waals surface area (Å²) in [5, 5.41) is 12.3. The molecule has 6 heteroatoms. The molecule has 120 valence electrons. The second-order valence-corrected chi connectivity index (χ2v) is 6.19. The summed E-state index contributed by atoms with van der Waals surface area (Å²) in [6, 6.07) is 0. The third-order valence-corrected chi connectivity index (χ3v) is 4.70. The van der Waals surface area contributed by atoms with Crippen LogP contribution in [0.15, 0.2) is 0 Å². The zero-order valence-corrected chi connectivity index (χ0v) is 12.8. The lowest BCUT2D eigenvalue weighted by atomic mass is 9.77. The summed E-state index contributed by atoms with van der Waals surface area (Å²) < 4.78 is 5.47. The van der Waals surface area contributed by atoms with Crippen LogP contribution < -0.4 is 5.32 Å². The highest BCUT2D eigenvalue weighted by molar-refractivity contribution is 5.78. The number of ether oxygens (including phenoxy) is 1. The first kappa shape index (κ1) is 16.2. The van der Waals surface area contributed by atoms with Gasteiger partial charge in [-0.25, -0.2) is 0 Å². The predicted molar refractivity (Wildman–Crippen MR) is 78.0 cm³/mol. The van der Waals surface area contributed by atoms with Crippen molar-refractivity contribution in [1.82, 2.24) is 10.2 Å². The van der Waals surface area contributed by atoms with E-state index in [0.717, 1.165) is 32.4 Å². The van der Waals surface area contributed by atoms with Crippen LogP contribution in [0.25, 0.3) is 0 Å². The molecule has 0 saturated carbocycles. The Bertz CT molecular complexity index is 382. The highest BCUT2D eigenvalue weighted by atomic mass is 16.5. The van der Waals surface area contributed by atoms with Crippen LogP contribution >= 0.6 is 0 Å². The average molecular weight is 298 g/mol. The van der Waals surface area contributed by atoms with Gasteiger partial charge < -0.3 is 15.2 Å². The average Bonchev–Trinajstić information content (AvgIpc) is 2.98. The minimum absolute atomic E-state index is 0.0391. The topological polar surface area (TPSA) is 78.9 Å². The van der Waals surface area contributed by atoms with Crippen LogP contribution in [0, 0.1) is 5.41 Å². The third-order valence-electron chi connectivity index (χ3n) is 4.70. The molecule has 0 spiro atoms. The number of likely N-dealkylation sites (tertiary alicyclic amines) is 1. The number of amides is 1. The number of hydrogen-bond donors (Lipinski definition) is 2. The lowest BCUT2D eigenvalue weighted by Crippen LogP contribution is -2.50. The fourth-order valence-electron chi connectivity index (χ4n) is 3.27. The molecule has 0 aromatic rings. The summed E-state index contributed by atoms with van der Waals surface area (Å²) in [6.07, 6.45) is 4.35. The first-order valence-corrected chi connectivity index (χ1v) is 7.90. The number of rotatable bonds is 6. The first-order valence-electron chi connectivity index (χ1n) is 7.90. The van der Waals surface area contributed by atoms with Crippen molar-refractivity contribution in [3.05, 3.63) is 0 Å². The molecule has 2 aliphatic rings. The van der Waals surface area contributed by atoms with Crippen molar-refractivity contribution in [2.45, 2.75) is 45.1 Å². The van der Waals surface area contributed by atoms with Gasteiger partial charge in [0.2, 0.25) is 5.91 Å². The molecule has 2 saturated heterocycles. The van der Waals surface area contributed by atoms with E-state index in [1.165, 1.54) is 0 Å². The van der Waals surface area contributed by atoms with Gasteiger partial charge in [-0.3, -0.25) is 14.5 Å². The largest absolute Gasteiger partial charge is 0.481 e. The second-order valence-electron chi connectivity index (χ2n) is 6.19. The zero-order valence-electron chi connectivity index (χ0n) is 12.8. The SMILES string of the molecule is CCC1(C(=O)O)CCCN(CC(=O)NCC2CCCO2)C1. The highest BCUT2D eigenvalue weighted by Crippen LogP contribution is 2.33. The van der Waals surface area contributed by atoms with E-state index >= 15 is 0 Å². The molecule has 21 heavy (non-hydrogen) atoms. The lowest BCUT2D eigenvalue weighted by molar-refractivity contribution is -0.153. The molecule has 2 aliphatic heterocycles. The number of hydrogen-bond acceptors (Lipinski definition) is 4. The van der Waals surface area contributed by atoms with Crippen molar-refractivity contribution in [3.63, 3.8) is 0 Å². The van der Waals surface area contributed by atoms with E-state index in [1.54, 1.807) is 0 Å². The maximum Gasteiger partial charge on any atom is 0.310 e. The van der Waals surface area contributed by atoms with Gasteiger partial charge in [-0.1, -0.05) is 6.92 Å². The van der Waals surface area contributed by atoms with Crippen molar-refractivity contribution < 1.29 is 19.4 Å². The number of carboxylic acid groups (broad SMARTS) is 1. The summed E-state index contributed by atoms with van der Waals surface area (Å²) in [5.74, 6) is -0.780. The van der Waals surface area contributed by atoms with E-state index in [0.29, 0.717) is 25.9 Å². The number of nitrogens with zero attached hydrogens (tertiary/aromatic N) is 1. The van der Waals surface area contributed by atoms with Gasteiger partial charge in [0.05, 0.1) is 18.1 Å². The fourth-order valence-corrected chi connectivity index (χ4v) is 3.27. The fraction of sp³-hybridized carbons (Fsp3) is 0.867. The van der Waals surface area contributed by atoms with E-state index in [9.17, 15) is 14.7 Å². The Morgan fingerprint density at radius 1 is 1.43 bits per heavy atom. The second kappa shape index (κ2) is 7.22. The van der Waals surface area contributed by atoms with Crippen LogP contribution in [0.3, 0.4) is 0 Å². The number of aliphatic carboxylic acids is 1. The maximum atomic E-state index is 12.0. The Morgan fingerprint density at radius 3 is 2.86 bits per heavy atom. The van der Waals surface area contributed by atoms with Crippen molar-refractivity contribution in [2.75, 3.05) is 32.8 Å². The summed E-state index contributed by atoms with van der Waals surface area (Å²) in [4.78, 5) is 25.4. The molecule has 2 atom stereocenters. The Morgan fingerprint density at radius 2 is 2.24 bits per heavy atom. The van der Waals surface area contributed by atoms with Gasteiger partial charge in [0.1, 0.15) is 0 Å². The Labute approximate surface area is 125 Å². The molecule has 0 bridgehead atoms. The Balaban J connectivity index is 1.78. The molecule has 2 fully saturated rings. The van der Waals surface area contributed by atoms with Gasteiger partial charge in [-0.2, -0.15) is 0 Å². The van der Waals surface area contributed by atoms with Crippen molar-refractivity contribution in [1.29, 1.82) is 0 Å². The van der Waals surface area contributed by atoms with Crippen molar-refractivity contribution in [3.8, 4) is 0 Å². The van der Waals surface area contributed by atoms with Crippen molar-refractivity contribution >= 4 is 11.9 Å². The Kier molecular flexibility index (Phi) is 5.58. The minimum Gasteiger partial charge on any atom is -0.481 e. The molecule has 2 rings (SSSR count). The van der Waals surface area contributed by atoms with Gasteiger partial charge in [-0.15, -0.1) is 0 Å². The monoisotopic (exact) mass is 298 g/mol. The summed E-state index contributed by atoms with van der Waals surface area (Å²) >= 11 is 0. The van der Waals surface area contributed by atoms with E-state index in [4.69, 9.17) is 4.74 Å². The summed E-state index contributed by atoms with van der Waals surface area (Å²) in [6.45, 7) is 4.79. The molecule has 2 N–H and O–H groups in total. The van der Waals surface area contributed by atoms with E-state index < -0.39 is 11.4 Å². The normalized spacial score (nSPS) is 30.2. The van der Waals surface area contributed by atoms with Gasteiger partial charge in [0.25, 0.3) is 0 Å². The van der Waals surface area contributed by atoms with Crippen LogP contribution in [0.4, 0.5) is 0 Å². The first-order chi connectivity index (χ1) is 10.1. The van der Waals surface area contributed by atoms with E-state index in [-0.39, 0.29) is 18.6 Å². The quantitative estimate of drug-likeness (QED) is 0.760. The molecule has 0 aromatic heterocycles. The molecular weight excluding hydrogens is 272 g/mol. The number of carbonyl (C=O) groups excluding carboxylic acids is 1. The standard InChI is InChI=1S/C15H26N2O4/c1-2-15(14(19)20)6-4-7-17(11-15)10-13(18)16-9-12-5-3-8-21-12/h12H,2-11H2,1H3,(H,16,18)(H,19,20). The van der Waals surface area contributed by atoms with Crippen LogP contribution in [0.2, 0.25) is 0 Å². The molecule has 2 heterocycles. The lowest BCUT2D eigenvalue weighted by Gasteiger charge is -2.39. The van der Waals surface area contributed by atoms with E-state index in [2.05, 4.69) is 5.32 Å². The van der Waals surface area contributed by atoms with Crippen molar-refractivity contribution in [2.24, 2.45) is 5.41 Å². The van der Waals surface area contributed by atoms with Gasteiger partial charge in [0, 0.05) is 19.7 Å². The Hall–Kier alpha value is -1.14. The number of carbonyl (C=O) groups is 2. The minimum atomic E-state index is -0.741. The number of carboxylic acids is 1. The van der Waals surface area contributed by atoms with E-state index in [1.807, 2.05) is 11.8 Å². The molecule has 0 radical (unpaired) electrons. The predicted octanol–water partition coefficient (Wildman–Crippen LogP) is 0.858. The van der Waals surface area contributed by atoms with Crippen LogP contribution in [-0.4, -0.2) is 60.8 Å². The van der Waals surface area contributed by atoms with Crippen LogP contribution in [0.1, 0.15) is 39.0 Å².